The van der Waals surface area contributed by atoms with Crippen molar-refractivity contribution >= 4 is 5.91 Å². The second-order valence-corrected chi connectivity index (χ2v) is 9.14. The van der Waals surface area contributed by atoms with Gasteiger partial charge in [0.1, 0.15) is 6.04 Å². The van der Waals surface area contributed by atoms with Crippen LogP contribution in [-0.4, -0.2) is 50.3 Å². The molecule has 4 N–H and O–H groups in total. The number of hydrogen-bond donors (Lipinski definition) is 3. The van der Waals surface area contributed by atoms with Gasteiger partial charge in [0.25, 0.3) is 0 Å². The monoisotopic (exact) mass is 334 g/mol. The van der Waals surface area contributed by atoms with Crippen molar-refractivity contribution in [2.75, 3.05) is 0 Å². The van der Waals surface area contributed by atoms with Crippen LogP contribution >= 0.6 is 0 Å². The third-order valence-corrected chi connectivity index (χ3v) is 7.15. The second kappa shape index (κ2) is 4.32. The summed E-state index contributed by atoms with van der Waals surface area (Å²) in [5.74, 6) is -0.516. The number of rotatable bonds is 2. The summed E-state index contributed by atoms with van der Waals surface area (Å²) in [6.45, 7) is 0. The van der Waals surface area contributed by atoms with Crippen LogP contribution in [0.3, 0.4) is 0 Å². The third-order valence-electron chi connectivity index (χ3n) is 7.15. The number of likely N-dealkylation sites (tertiary alicyclic amines) is 1. The van der Waals surface area contributed by atoms with Gasteiger partial charge in [-0.05, 0) is 56.7 Å². The Morgan fingerprint density at radius 2 is 1.96 bits per heavy atom. The Kier molecular flexibility index (Phi) is 2.36. The number of nitrogens with two attached hydrogens (primary N) is 1. The first-order chi connectivity index (χ1) is 12.0. The highest BCUT2D eigenvalue weighted by molar-refractivity contribution is 5.84. The maximum atomic E-state index is 13.3. The minimum absolute atomic E-state index is 0.158. The first-order valence-corrected chi connectivity index (χ1v) is 8.95. The number of piperidine rings is 1. The summed E-state index contributed by atoms with van der Waals surface area (Å²) < 4.78 is 16.0. The third kappa shape index (κ3) is 1.89. The predicted octanol–water partition coefficient (Wildman–Crippen LogP) is 0.273. The summed E-state index contributed by atoms with van der Waals surface area (Å²) in [6, 6.07) is 0.00381. The van der Waals surface area contributed by atoms with E-state index in [-0.39, 0.29) is 17.7 Å². The van der Waals surface area contributed by atoms with Crippen LogP contribution in [0.5, 0.6) is 0 Å². The van der Waals surface area contributed by atoms with E-state index in [1.54, 1.807) is 0 Å². The lowest BCUT2D eigenvalue weighted by molar-refractivity contribution is -0.234. The average Bonchev–Trinajstić information content (AvgIpc) is 2.88. The molecule has 0 spiro atoms. The van der Waals surface area contributed by atoms with Crippen molar-refractivity contribution in [1.29, 1.82) is 5.26 Å². The van der Waals surface area contributed by atoms with Gasteiger partial charge in [-0.1, -0.05) is 0 Å². The molecule has 6 fully saturated rings. The normalized spacial score (nSPS) is 58.5. The van der Waals surface area contributed by atoms with E-state index in [2.05, 4.69) is 6.07 Å². The second-order valence-electron chi connectivity index (χ2n) is 9.14. The molecule has 1 saturated heterocycles. The van der Waals surface area contributed by atoms with Crippen molar-refractivity contribution in [2.24, 2.45) is 23.0 Å². The van der Waals surface area contributed by atoms with Crippen LogP contribution < -0.4 is 5.73 Å². The molecule has 8 atom stereocenters. The van der Waals surface area contributed by atoms with E-state index in [0.717, 1.165) is 0 Å². The lowest BCUT2D eigenvalue weighted by atomic mass is 9.44. The van der Waals surface area contributed by atoms with Crippen LogP contribution in [0.15, 0.2) is 0 Å². The van der Waals surface area contributed by atoms with Gasteiger partial charge in [-0.3, -0.25) is 4.79 Å². The molecule has 130 valence electrons. The van der Waals surface area contributed by atoms with Gasteiger partial charge in [0.15, 0.2) is 0 Å². The van der Waals surface area contributed by atoms with Crippen LogP contribution in [0, 0.1) is 28.6 Å². The quantitative estimate of drug-likeness (QED) is 0.628. The van der Waals surface area contributed by atoms with Crippen molar-refractivity contribution in [1.82, 2.24) is 4.90 Å². The summed E-state index contributed by atoms with van der Waals surface area (Å²) in [5.41, 5.74) is 3.85. The Balaban J connectivity index is 1.46. The summed E-state index contributed by atoms with van der Waals surface area (Å²) in [7, 11) is 0. The molecule has 0 radical (unpaired) electrons. The van der Waals surface area contributed by atoms with Crippen molar-refractivity contribution in [3.63, 3.8) is 0 Å². The molecule has 5 saturated carbocycles. The Labute approximate surface area is 144 Å². The van der Waals surface area contributed by atoms with E-state index in [1.165, 1.54) is 4.90 Å². The van der Waals surface area contributed by atoms with Gasteiger partial charge in [-0.2, -0.15) is 5.26 Å². The standard InChI is InChI=1S/C18H25N3O3/c19-6-12-1-11-2-13(11)21(12)15(22)14(20)16-3-10-4-17(23,7-16)9-18(24,5-10)8-16/h10-14,23-24H,1-5,7-9,20H2/t10?,11-,12+,13+,14-,16?,17-,18+/m1/s1/i2D2,19+1. The average molecular weight is 334 g/mol. The fourth-order valence-corrected chi connectivity index (χ4v) is 6.77. The Morgan fingerprint density at radius 3 is 2.54 bits per heavy atom. The van der Waals surface area contributed by atoms with E-state index < -0.39 is 41.1 Å². The molecule has 1 amide bonds. The van der Waals surface area contributed by atoms with Gasteiger partial charge in [-0.25, -0.2) is 0 Å². The van der Waals surface area contributed by atoms with Crippen molar-refractivity contribution < 1.29 is 17.7 Å². The van der Waals surface area contributed by atoms with Crippen molar-refractivity contribution in [3.05, 3.63) is 0 Å². The Hall–Kier alpha value is -1.16. The highest BCUT2D eigenvalue weighted by Crippen LogP contribution is 2.64. The Bertz CT molecular complexity index is 720. The van der Waals surface area contributed by atoms with Gasteiger partial charge < -0.3 is 20.8 Å². The largest absolute Gasteiger partial charge is 0.390 e. The topological polar surface area (TPSA) is 111 Å². The van der Waals surface area contributed by atoms with Gasteiger partial charge in [0, 0.05) is 20.6 Å². The maximum absolute atomic E-state index is 13.3. The van der Waals surface area contributed by atoms with E-state index in [1.807, 2.05) is 0 Å². The zero-order valence-corrected chi connectivity index (χ0v) is 13.6. The molecule has 5 aliphatic carbocycles. The molecule has 0 aromatic rings. The number of nitrogens with zero attached hydrogens (tertiary/aromatic N) is 2. The van der Waals surface area contributed by atoms with Crippen LogP contribution in [0.4, 0.5) is 0 Å². The highest BCUT2D eigenvalue weighted by Gasteiger charge is 2.66. The van der Waals surface area contributed by atoms with E-state index in [0.29, 0.717) is 44.9 Å². The molecular weight excluding hydrogens is 307 g/mol. The first-order valence-electron chi connectivity index (χ1n) is 9.95. The minimum Gasteiger partial charge on any atom is -0.390 e. The number of fused-ring (bicyclic) bond motifs is 1. The molecule has 1 aliphatic heterocycles. The van der Waals surface area contributed by atoms with E-state index in [9.17, 15) is 20.3 Å². The molecule has 6 rings (SSSR count). The number of hydrogen-bond acceptors (Lipinski definition) is 5. The van der Waals surface area contributed by atoms with Gasteiger partial charge in [0.2, 0.25) is 5.91 Å². The molecule has 6 aliphatic rings. The molecule has 1 heterocycles. The van der Waals surface area contributed by atoms with E-state index in [4.69, 9.17) is 8.48 Å². The predicted molar refractivity (Wildman–Crippen MR) is 84.3 cm³/mol. The number of amides is 1. The summed E-state index contributed by atoms with van der Waals surface area (Å²) >= 11 is 0. The zero-order valence-electron chi connectivity index (χ0n) is 15.6. The molecular formula is C18H25N3O3. The van der Waals surface area contributed by atoms with Crippen LogP contribution in [-0.2, 0) is 4.79 Å². The molecule has 0 aromatic heterocycles. The number of aliphatic hydroxyl groups is 2. The van der Waals surface area contributed by atoms with Crippen molar-refractivity contribution in [2.45, 2.75) is 80.6 Å². The van der Waals surface area contributed by atoms with Gasteiger partial charge >= 0.3 is 0 Å². The molecule has 24 heavy (non-hydrogen) atoms. The molecule has 2 unspecified atom stereocenters. The van der Waals surface area contributed by atoms with Crippen LogP contribution in [0.2, 0.25) is 0 Å². The highest BCUT2D eigenvalue weighted by atomic mass is 16.3. The summed E-state index contributed by atoms with van der Waals surface area (Å²) in [4.78, 5) is 14.7. The van der Waals surface area contributed by atoms with Crippen LogP contribution in [0.25, 0.3) is 0 Å². The molecule has 0 aromatic carbocycles. The fraction of sp³-hybridized carbons (Fsp3) is 0.889. The number of carbonyl (C=O) groups excluding carboxylic acids is 1. The molecule has 6 nitrogen and oxygen atoms in total. The molecule has 6 heteroatoms. The first kappa shape index (κ1) is 13.1. The van der Waals surface area contributed by atoms with Gasteiger partial charge in [0.05, 0.1) is 23.3 Å². The lowest BCUT2D eigenvalue weighted by Gasteiger charge is -2.64. The summed E-state index contributed by atoms with van der Waals surface area (Å²) in [5, 5.41) is 31.2. The smallest absolute Gasteiger partial charge is 0.241 e. The lowest BCUT2D eigenvalue weighted by Crippen LogP contribution is -2.69. The minimum atomic E-state index is -1.44. The van der Waals surface area contributed by atoms with Crippen molar-refractivity contribution in [3.8, 4) is 6.07 Å². The summed E-state index contributed by atoms with van der Waals surface area (Å²) in [6.07, 6.45) is 2.06. The van der Waals surface area contributed by atoms with Gasteiger partial charge in [-0.15, -0.1) is 0 Å². The molecule has 4 bridgehead atoms. The number of nitriles is 1. The number of carbonyl (C=O) groups is 1. The SMILES string of the molecule is [2H]C1([2H])[C@H]2C[C@@H](C#[15N])N(C(=O)[C@@H](N)C34CC5C[C@@](O)(C3)C[C@](O)(C5)C4)[C@H]21. The Morgan fingerprint density at radius 1 is 1.29 bits per heavy atom. The zero-order chi connectivity index (χ0) is 18.7. The van der Waals surface area contributed by atoms with E-state index >= 15 is 0 Å². The van der Waals surface area contributed by atoms with Crippen LogP contribution in [0.1, 0.15) is 54.1 Å². The maximum Gasteiger partial charge on any atom is 0.241 e. The fourth-order valence-electron chi connectivity index (χ4n) is 6.77.